The van der Waals surface area contributed by atoms with Gasteiger partial charge in [-0.1, -0.05) is 33.2 Å². The lowest BCUT2D eigenvalue weighted by atomic mass is 10.1. The van der Waals surface area contributed by atoms with Crippen LogP contribution in [0.2, 0.25) is 0 Å². The summed E-state index contributed by atoms with van der Waals surface area (Å²) < 4.78 is 84.2. The van der Waals surface area contributed by atoms with E-state index in [9.17, 15) is 21.6 Å². The molecule has 0 fully saturated rings. The number of ether oxygens (including phenoxy) is 2. The minimum Gasteiger partial charge on any atom is -0.495 e. The van der Waals surface area contributed by atoms with Gasteiger partial charge < -0.3 is 14.0 Å². The molecule has 184 valence electrons. The summed E-state index contributed by atoms with van der Waals surface area (Å²) in [7, 11) is -2.78. The van der Waals surface area contributed by atoms with Gasteiger partial charge >= 0.3 is 6.18 Å². The summed E-state index contributed by atoms with van der Waals surface area (Å²) in [6.45, 7) is 1.58. The molecule has 7 nitrogen and oxygen atoms in total. The molecular weight excluding hydrogens is 553 g/mol. The highest BCUT2D eigenvalue weighted by Gasteiger charge is 2.30. The summed E-state index contributed by atoms with van der Waals surface area (Å²) in [5, 5.41) is 4.44. The molecule has 0 radical (unpaired) electrons. The number of rotatable bonds is 7. The molecule has 1 aromatic heterocycles. The molecule has 0 aliphatic rings. The van der Waals surface area contributed by atoms with Gasteiger partial charge in [-0.25, -0.2) is 8.42 Å². The van der Waals surface area contributed by atoms with E-state index in [1.54, 1.807) is 13.0 Å². The van der Waals surface area contributed by atoms with Crippen LogP contribution < -0.4 is 14.2 Å². The molecule has 0 spiro atoms. The van der Waals surface area contributed by atoms with Gasteiger partial charge in [0, 0.05) is 15.9 Å². The van der Waals surface area contributed by atoms with E-state index in [0.717, 1.165) is 12.1 Å². The number of fused-ring (bicyclic) bond motifs is 1. The van der Waals surface area contributed by atoms with Gasteiger partial charge in [-0.2, -0.15) is 13.2 Å². The van der Waals surface area contributed by atoms with Crippen LogP contribution >= 0.6 is 15.9 Å². The number of nitrogens with zero attached hydrogens (tertiary/aromatic N) is 1. The van der Waals surface area contributed by atoms with Crippen LogP contribution in [0.1, 0.15) is 16.8 Å². The lowest BCUT2D eigenvalue weighted by molar-refractivity contribution is -0.137. The predicted molar refractivity (Wildman–Crippen MR) is 126 cm³/mol. The minimum absolute atomic E-state index is 0.0951. The van der Waals surface area contributed by atoms with Crippen molar-refractivity contribution in [1.29, 1.82) is 0 Å². The fraction of sp³-hybridized carbons (Fsp3) is 0.174. The Morgan fingerprint density at radius 1 is 1.06 bits per heavy atom. The minimum atomic E-state index is -4.45. The fourth-order valence-electron chi connectivity index (χ4n) is 3.30. The third kappa shape index (κ3) is 5.38. The number of hydrogen-bond donors (Lipinski definition) is 1. The monoisotopic (exact) mass is 570 g/mol. The maximum Gasteiger partial charge on any atom is 0.416 e. The van der Waals surface area contributed by atoms with Crippen LogP contribution in [-0.4, -0.2) is 20.7 Å². The Morgan fingerprint density at radius 3 is 2.43 bits per heavy atom. The first kappa shape index (κ1) is 24.9. The van der Waals surface area contributed by atoms with Crippen molar-refractivity contribution in [3.63, 3.8) is 0 Å². The van der Waals surface area contributed by atoms with Crippen LogP contribution in [0.25, 0.3) is 11.0 Å². The first-order valence-corrected chi connectivity index (χ1v) is 12.3. The number of aromatic nitrogens is 1. The standard InChI is InChI=1S/C23H18BrF3N2O5S/c1-13-17-10-18(29-35(30,31)22-9-16(24)7-8-19(22)32-2)21(11-20(17)34-28-13)33-12-14-3-5-15(6-4-14)23(25,26)27/h3-11,29H,12H2,1-2H3. The summed E-state index contributed by atoms with van der Waals surface area (Å²) in [5.41, 5.74) is 0.658. The Labute approximate surface area is 207 Å². The summed E-state index contributed by atoms with van der Waals surface area (Å²) in [4.78, 5) is -0.106. The van der Waals surface area contributed by atoms with Crippen molar-refractivity contribution in [3.05, 3.63) is 75.9 Å². The fourth-order valence-corrected chi connectivity index (χ4v) is 5.07. The Kier molecular flexibility index (Phi) is 6.69. The van der Waals surface area contributed by atoms with Crippen molar-refractivity contribution in [2.24, 2.45) is 0 Å². The maximum absolute atomic E-state index is 13.2. The van der Waals surface area contributed by atoms with E-state index >= 15 is 0 Å². The molecule has 1 heterocycles. The van der Waals surface area contributed by atoms with E-state index in [1.807, 2.05) is 0 Å². The molecule has 0 bridgehead atoms. The number of hydrogen-bond acceptors (Lipinski definition) is 6. The summed E-state index contributed by atoms with van der Waals surface area (Å²) in [6.07, 6.45) is -4.45. The predicted octanol–water partition coefficient (Wildman–Crippen LogP) is 6.31. The molecule has 4 rings (SSSR count). The van der Waals surface area contributed by atoms with Gasteiger partial charge in [-0.3, -0.25) is 4.72 Å². The SMILES string of the molecule is COc1ccc(Br)cc1S(=O)(=O)Nc1cc2c(C)noc2cc1OCc1ccc(C(F)(F)F)cc1. The van der Waals surface area contributed by atoms with E-state index in [4.69, 9.17) is 14.0 Å². The third-order valence-electron chi connectivity index (χ3n) is 5.09. The molecule has 0 aliphatic heterocycles. The van der Waals surface area contributed by atoms with Crippen molar-refractivity contribution < 1.29 is 35.6 Å². The quantitative estimate of drug-likeness (QED) is 0.280. The van der Waals surface area contributed by atoms with E-state index in [-0.39, 0.29) is 28.7 Å². The average molecular weight is 571 g/mol. The highest BCUT2D eigenvalue weighted by atomic mass is 79.9. The van der Waals surface area contributed by atoms with Crippen molar-refractivity contribution in [2.75, 3.05) is 11.8 Å². The van der Waals surface area contributed by atoms with Crippen LogP contribution in [-0.2, 0) is 22.8 Å². The Morgan fingerprint density at radius 2 is 1.77 bits per heavy atom. The van der Waals surface area contributed by atoms with Crippen LogP contribution in [0.3, 0.4) is 0 Å². The van der Waals surface area contributed by atoms with Crippen LogP contribution in [0.5, 0.6) is 11.5 Å². The molecule has 4 aromatic rings. The van der Waals surface area contributed by atoms with Crippen molar-refractivity contribution in [2.45, 2.75) is 24.6 Å². The zero-order valence-electron chi connectivity index (χ0n) is 18.3. The van der Waals surface area contributed by atoms with Crippen molar-refractivity contribution in [3.8, 4) is 11.5 Å². The van der Waals surface area contributed by atoms with Crippen molar-refractivity contribution >= 4 is 42.6 Å². The van der Waals surface area contributed by atoms with E-state index in [1.165, 1.54) is 43.5 Å². The van der Waals surface area contributed by atoms with Gasteiger partial charge in [-0.15, -0.1) is 0 Å². The number of benzene rings is 3. The average Bonchev–Trinajstić information content (AvgIpc) is 3.16. The van der Waals surface area contributed by atoms with Gasteiger partial charge in [-0.05, 0) is 48.9 Å². The molecule has 1 N–H and O–H groups in total. The largest absolute Gasteiger partial charge is 0.495 e. The molecule has 0 saturated carbocycles. The summed E-state index contributed by atoms with van der Waals surface area (Å²) in [5.74, 6) is 0.237. The molecule has 0 saturated heterocycles. The molecule has 12 heteroatoms. The Bertz CT molecular complexity index is 1490. The highest BCUT2D eigenvalue weighted by Crippen LogP contribution is 2.36. The molecule has 3 aromatic carbocycles. The van der Waals surface area contributed by atoms with E-state index in [2.05, 4.69) is 25.8 Å². The second-order valence-electron chi connectivity index (χ2n) is 7.50. The van der Waals surface area contributed by atoms with E-state index in [0.29, 0.717) is 26.7 Å². The van der Waals surface area contributed by atoms with Gasteiger partial charge in [0.1, 0.15) is 23.0 Å². The number of sulfonamides is 1. The maximum atomic E-state index is 13.2. The highest BCUT2D eigenvalue weighted by molar-refractivity contribution is 9.10. The topological polar surface area (TPSA) is 90.7 Å². The molecule has 0 atom stereocenters. The summed E-state index contributed by atoms with van der Waals surface area (Å²) >= 11 is 3.26. The number of methoxy groups -OCH3 is 1. The van der Waals surface area contributed by atoms with Gasteiger partial charge in [0.15, 0.2) is 5.58 Å². The van der Waals surface area contributed by atoms with Crippen LogP contribution in [0.4, 0.5) is 18.9 Å². The Hall–Kier alpha value is -3.25. The number of aryl methyl sites for hydroxylation is 1. The number of alkyl halides is 3. The number of anilines is 1. The zero-order valence-corrected chi connectivity index (χ0v) is 20.7. The lowest BCUT2D eigenvalue weighted by Crippen LogP contribution is -2.15. The number of halogens is 4. The molecular formula is C23H18BrF3N2O5S. The Balaban J connectivity index is 1.68. The van der Waals surface area contributed by atoms with E-state index < -0.39 is 21.8 Å². The number of nitrogens with one attached hydrogen (secondary N) is 1. The first-order valence-electron chi connectivity index (χ1n) is 10.0. The normalized spacial score (nSPS) is 12.1. The molecule has 0 unspecified atom stereocenters. The van der Waals surface area contributed by atoms with Crippen molar-refractivity contribution in [1.82, 2.24) is 5.16 Å². The second kappa shape index (κ2) is 9.42. The third-order valence-corrected chi connectivity index (χ3v) is 6.97. The van der Waals surface area contributed by atoms with Gasteiger partial charge in [0.05, 0.1) is 24.1 Å². The van der Waals surface area contributed by atoms with Crippen LogP contribution in [0, 0.1) is 6.92 Å². The molecule has 0 aliphatic carbocycles. The zero-order chi connectivity index (χ0) is 25.4. The first-order chi connectivity index (χ1) is 16.5. The van der Waals surface area contributed by atoms with Crippen LogP contribution in [0.15, 0.2) is 68.5 Å². The smallest absolute Gasteiger partial charge is 0.416 e. The van der Waals surface area contributed by atoms with Gasteiger partial charge in [0.2, 0.25) is 0 Å². The van der Waals surface area contributed by atoms with Gasteiger partial charge in [0.25, 0.3) is 10.0 Å². The lowest BCUT2D eigenvalue weighted by Gasteiger charge is -2.16. The summed E-state index contributed by atoms with van der Waals surface area (Å²) in [6, 6.07) is 12.0. The molecule has 0 amide bonds. The second-order valence-corrected chi connectivity index (χ2v) is 10.1. The molecule has 35 heavy (non-hydrogen) atoms.